The first kappa shape index (κ1) is 16.5. The van der Waals surface area contributed by atoms with Crippen LogP contribution in [-0.4, -0.2) is 29.2 Å². The standard InChI is InChI=1S/C14H22N2O3S/c1-10(5-3-7-13(17)18)15-14(19)16-11(2)9-12-6-4-8-20-12/h4,6,8,10-11H,3,5,7,9H2,1-2H3,(H,17,18)(H2,15,16,19). The van der Waals surface area contributed by atoms with Gasteiger partial charge in [0.1, 0.15) is 0 Å². The maximum atomic E-state index is 11.8. The lowest BCUT2D eigenvalue weighted by atomic mass is 10.1. The minimum atomic E-state index is -0.800. The van der Waals surface area contributed by atoms with Gasteiger partial charge in [0.25, 0.3) is 0 Å². The van der Waals surface area contributed by atoms with E-state index in [0.717, 1.165) is 6.42 Å². The number of amides is 2. The van der Waals surface area contributed by atoms with Gasteiger partial charge in [0.05, 0.1) is 0 Å². The summed E-state index contributed by atoms with van der Waals surface area (Å²) >= 11 is 1.68. The van der Waals surface area contributed by atoms with Crippen molar-refractivity contribution in [3.05, 3.63) is 22.4 Å². The molecule has 0 fully saturated rings. The van der Waals surface area contributed by atoms with Crippen molar-refractivity contribution in [1.82, 2.24) is 10.6 Å². The summed E-state index contributed by atoms with van der Waals surface area (Å²) < 4.78 is 0. The molecule has 112 valence electrons. The van der Waals surface area contributed by atoms with E-state index < -0.39 is 5.97 Å². The Morgan fingerprint density at radius 1 is 1.30 bits per heavy atom. The van der Waals surface area contributed by atoms with E-state index >= 15 is 0 Å². The van der Waals surface area contributed by atoms with Crippen molar-refractivity contribution in [2.24, 2.45) is 0 Å². The molecule has 3 N–H and O–H groups in total. The SMILES string of the molecule is CC(CCCC(=O)O)NC(=O)NC(C)Cc1cccs1. The van der Waals surface area contributed by atoms with E-state index in [0.29, 0.717) is 12.8 Å². The molecule has 0 saturated carbocycles. The number of carbonyl (C=O) groups excluding carboxylic acids is 1. The Morgan fingerprint density at radius 2 is 2.00 bits per heavy atom. The van der Waals surface area contributed by atoms with Gasteiger partial charge in [0, 0.05) is 29.8 Å². The molecule has 1 heterocycles. The molecule has 0 bridgehead atoms. The molecule has 20 heavy (non-hydrogen) atoms. The highest BCUT2D eigenvalue weighted by Gasteiger charge is 2.11. The van der Waals surface area contributed by atoms with Gasteiger partial charge in [0.15, 0.2) is 0 Å². The molecule has 2 unspecified atom stereocenters. The van der Waals surface area contributed by atoms with Gasteiger partial charge < -0.3 is 15.7 Å². The third-order valence-electron chi connectivity index (χ3n) is 2.87. The van der Waals surface area contributed by atoms with Crippen molar-refractivity contribution in [3.8, 4) is 0 Å². The van der Waals surface area contributed by atoms with Crippen LogP contribution in [0.2, 0.25) is 0 Å². The Labute approximate surface area is 123 Å². The highest BCUT2D eigenvalue weighted by Crippen LogP contribution is 2.10. The molecule has 0 radical (unpaired) electrons. The Balaban J connectivity index is 2.19. The first-order chi connectivity index (χ1) is 9.47. The quantitative estimate of drug-likeness (QED) is 0.690. The van der Waals surface area contributed by atoms with Crippen LogP contribution in [-0.2, 0) is 11.2 Å². The molecule has 0 aromatic carbocycles. The van der Waals surface area contributed by atoms with Gasteiger partial charge in [-0.25, -0.2) is 4.79 Å². The first-order valence-electron chi connectivity index (χ1n) is 6.78. The van der Waals surface area contributed by atoms with Crippen molar-refractivity contribution in [3.63, 3.8) is 0 Å². The second kappa shape index (κ2) is 8.58. The molecule has 0 saturated heterocycles. The average molecular weight is 298 g/mol. The lowest BCUT2D eigenvalue weighted by molar-refractivity contribution is -0.137. The molecule has 0 aliphatic heterocycles. The Morgan fingerprint density at radius 3 is 2.60 bits per heavy atom. The molecule has 2 amide bonds. The summed E-state index contributed by atoms with van der Waals surface area (Å²) in [6, 6.07) is 3.90. The fraction of sp³-hybridized carbons (Fsp3) is 0.571. The van der Waals surface area contributed by atoms with Crippen LogP contribution in [0.5, 0.6) is 0 Å². The fourth-order valence-corrected chi connectivity index (χ4v) is 2.74. The monoisotopic (exact) mass is 298 g/mol. The highest BCUT2D eigenvalue weighted by molar-refractivity contribution is 7.09. The van der Waals surface area contributed by atoms with Crippen molar-refractivity contribution < 1.29 is 14.7 Å². The zero-order chi connectivity index (χ0) is 15.0. The summed E-state index contributed by atoms with van der Waals surface area (Å²) in [4.78, 5) is 23.4. The Hall–Kier alpha value is -1.56. The molecular formula is C14H22N2O3S. The van der Waals surface area contributed by atoms with Crippen LogP contribution < -0.4 is 10.6 Å². The van der Waals surface area contributed by atoms with Crippen molar-refractivity contribution >= 4 is 23.3 Å². The van der Waals surface area contributed by atoms with Crippen LogP contribution in [0.4, 0.5) is 4.79 Å². The predicted octanol–water partition coefficient (Wildman–Crippen LogP) is 2.62. The molecule has 0 spiro atoms. The van der Waals surface area contributed by atoms with E-state index in [1.165, 1.54) is 4.88 Å². The molecule has 2 atom stereocenters. The number of nitrogens with one attached hydrogen (secondary N) is 2. The maximum Gasteiger partial charge on any atom is 0.315 e. The number of thiophene rings is 1. The zero-order valence-electron chi connectivity index (χ0n) is 11.9. The minimum absolute atomic E-state index is 0.0247. The molecule has 1 aromatic heterocycles. The smallest absolute Gasteiger partial charge is 0.315 e. The summed E-state index contributed by atoms with van der Waals surface area (Å²) in [5, 5.41) is 16.3. The van der Waals surface area contributed by atoms with Gasteiger partial charge >= 0.3 is 12.0 Å². The number of aliphatic carboxylic acids is 1. The van der Waals surface area contributed by atoms with Crippen molar-refractivity contribution in [2.45, 2.75) is 51.6 Å². The van der Waals surface area contributed by atoms with Crippen LogP contribution in [0.25, 0.3) is 0 Å². The van der Waals surface area contributed by atoms with Gasteiger partial charge in [-0.1, -0.05) is 6.07 Å². The van der Waals surface area contributed by atoms with Crippen LogP contribution in [0, 0.1) is 0 Å². The summed E-state index contributed by atoms with van der Waals surface area (Å²) in [7, 11) is 0. The number of urea groups is 1. The summed E-state index contributed by atoms with van der Waals surface area (Å²) in [6.45, 7) is 3.85. The first-order valence-corrected chi connectivity index (χ1v) is 7.66. The molecule has 6 heteroatoms. The molecule has 1 aromatic rings. The van der Waals surface area contributed by atoms with Gasteiger partial charge in [-0.15, -0.1) is 11.3 Å². The van der Waals surface area contributed by atoms with Gasteiger partial charge in [-0.05, 0) is 38.1 Å². The lowest BCUT2D eigenvalue weighted by Gasteiger charge is -2.17. The van der Waals surface area contributed by atoms with Crippen molar-refractivity contribution in [2.75, 3.05) is 0 Å². The van der Waals surface area contributed by atoms with Gasteiger partial charge in [-0.2, -0.15) is 0 Å². The minimum Gasteiger partial charge on any atom is -0.481 e. The molecule has 5 nitrogen and oxygen atoms in total. The number of carboxylic acid groups (broad SMARTS) is 1. The van der Waals surface area contributed by atoms with E-state index in [2.05, 4.69) is 16.7 Å². The predicted molar refractivity (Wildman–Crippen MR) is 80.1 cm³/mol. The second-order valence-electron chi connectivity index (χ2n) is 4.99. The third kappa shape index (κ3) is 7.13. The lowest BCUT2D eigenvalue weighted by Crippen LogP contribution is -2.45. The number of carbonyl (C=O) groups is 2. The second-order valence-corrected chi connectivity index (χ2v) is 6.02. The maximum absolute atomic E-state index is 11.8. The largest absolute Gasteiger partial charge is 0.481 e. The molecule has 1 rings (SSSR count). The summed E-state index contributed by atoms with van der Waals surface area (Å²) in [6.07, 6.45) is 2.20. The van der Waals surface area contributed by atoms with E-state index in [4.69, 9.17) is 5.11 Å². The Bertz CT molecular complexity index is 420. The summed E-state index contributed by atoms with van der Waals surface area (Å²) in [5.74, 6) is -0.800. The van der Waals surface area contributed by atoms with E-state index in [1.54, 1.807) is 11.3 Å². The van der Waals surface area contributed by atoms with Crippen LogP contribution in [0.1, 0.15) is 38.0 Å². The Kier molecular flexibility index (Phi) is 7.08. The number of hydrogen-bond acceptors (Lipinski definition) is 3. The van der Waals surface area contributed by atoms with Crippen LogP contribution in [0.15, 0.2) is 17.5 Å². The molecule has 0 aliphatic rings. The van der Waals surface area contributed by atoms with Crippen LogP contribution in [0.3, 0.4) is 0 Å². The van der Waals surface area contributed by atoms with E-state index in [1.807, 2.05) is 25.3 Å². The summed E-state index contributed by atoms with van der Waals surface area (Å²) in [5.41, 5.74) is 0. The number of rotatable bonds is 8. The highest BCUT2D eigenvalue weighted by atomic mass is 32.1. The number of hydrogen-bond donors (Lipinski definition) is 3. The normalized spacial score (nSPS) is 13.5. The zero-order valence-corrected chi connectivity index (χ0v) is 12.7. The van der Waals surface area contributed by atoms with Gasteiger partial charge in [-0.3, -0.25) is 4.79 Å². The van der Waals surface area contributed by atoms with Crippen molar-refractivity contribution in [1.29, 1.82) is 0 Å². The van der Waals surface area contributed by atoms with E-state index in [9.17, 15) is 9.59 Å². The topological polar surface area (TPSA) is 78.4 Å². The number of carboxylic acids is 1. The molecular weight excluding hydrogens is 276 g/mol. The third-order valence-corrected chi connectivity index (χ3v) is 3.77. The van der Waals surface area contributed by atoms with E-state index in [-0.39, 0.29) is 24.5 Å². The van der Waals surface area contributed by atoms with Crippen LogP contribution >= 0.6 is 11.3 Å². The average Bonchev–Trinajstić information content (AvgIpc) is 2.80. The molecule has 0 aliphatic carbocycles. The fourth-order valence-electron chi connectivity index (χ4n) is 1.90. The van der Waals surface area contributed by atoms with Gasteiger partial charge in [0.2, 0.25) is 0 Å².